The second kappa shape index (κ2) is 8.25. The number of rotatable bonds is 6. The minimum atomic E-state index is -0.00151. The highest BCUT2D eigenvalue weighted by Crippen LogP contribution is 2.29. The topological polar surface area (TPSA) is 84.2 Å². The van der Waals surface area contributed by atoms with Crippen LogP contribution in [0.4, 0.5) is 0 Å². The molecule has 0 spiro atoms. The summed E-state index contributed by atoms with van der Waals surface area (Å²) in [5, 5.41) is 5.77. The number of hydrogen-bond acceptors (Lipinski definition) is 3. The van der Waals surface area contributed by atoms with Gasteiger partial charge in [-0.15, -0.1) is 0 Å². The lowest BCUT2D eigenvalue weighted by atomic mass is 9.78. The van der Waals surface area contributed by atoms with Crippen LogP contribution < -0.4 is 16.4 Å². The van der Waals surface area contributed by atoms with Crippen LogP contribution in [-0.2, 0) is 9.59 Å². The summed E-state index contributed by atoms with van der Waals surface area (Å²) in [4.78, 5) is 23.7. The maximum atomic E-state index is 12.1. The average molecular weight is 283 g/mol. The van der Waals surface area contributed by atoms with Crippen molar-refractivity contribution in [1.29, 1.82) is 0 Å². The number of nitrogens with two attached hydrogens (primary N) is 1. The smallest absolute Gasteiger partial charge is 0.223 e. The lowest BCUT2D eigenvalue weighted by Gasteiger charge is -2.31. The first-order chi connectivity index (χ1) is 9.43. The molecule has 116 valence electrons. The molecule has 0 radical (unpaired) electrons. The summed E-state index contributed by atoms with van der Waals surface area (Å²) in [6, 6.07) is 0.424. The second-order valence-electron chi connectivity index (χ2n) is 6.07. The Labute approximate surface area is 122 Å². The van der Waals surface area contributed by atoms with Gasteiger partial charge >= 0.3 is 0 Å². The van der Waals surface area contributed by atoms with Crippen molar-refractivity contribution < 1.29 is 9.59 Å². The molecule has 4 N–H and O–H groups in total. The molecule has 0 aromatic rings. The van der Waals surface area contributed by atoms with Gasteiger partial charge in [0.15, 0.2) is 0 Å². The quantitative estimate of drug-likeness (QED) is 0.684. The molecule has 1 aliphatic carbocycles. The largest absolute Gasteiger partial charge is 0.355 e. The zero-order chi connectivity index (χ0) is 15.1. The van der Waals surface area contributed by atoms with Crippen LogP contribution in [0.2, 0.25) is 0 Å². The molecule has 2 amide bonds. The van der Waals surface area contributed by atoms with E-state index in [9.17, 15) is 9.59 Å². The molecule has 0 saturated heterocycles. The van der Waals surface area contributed by atoms with Crippen molar-refractivity contribution in [3.63, 3.8) is 0 Å². The van der Waals surface area contributed by atoms with Crippen molar-refractivity contribution in [3.05, 3.63) is 0 Å². The van der Waals surface area contributed by atoms with Crippen LogP contribution in [0.5, 0.6) is 0 Å². The van der Waals surface area contributed by atoms with Gasteiger partial charge in [-0.2, -0.15) is 0 Å². The Morgan fingerprint density at radius 1 is 1.35 bits per heavy atom. The van der Waals surface area contributed by atoms with Gasteiger partial charge in [0, 0.05) is 31.0 Å². The molecule has 0 aromatic carbocycles. The van der Waals surface area contributed by atoms with Crippen LogP contribution in [0.3, 0.4) is 0 Å². The Morgan fingerprint density at radius 3 is 2.65 bits per heavy atom. The lowest BCUT2D eigenvalue weighted by Crippen LogP contribution is -2.42. The van der Waals surface area contributed by atoms with Crippen LogP contribution in [0.1, 0.15) is 52.9 Å². The Bertz CT molecular complexity index is 333. The zero-order valence-electron chi connectivity index (χ0n) is 12.9. The van der Waals surface area contributed by atoms with Gasteiger partial charge in [0.2, 0.25) is 11.8 Å². The monoisotopic (exact) mass is 283 g/mol. The van der Waals surface area contributed by atoms with E-state index in [0.717, 1.165) is 25.7 Å². The van der Waals surface area contributed by atoms with E-state index < -0.39 is 0 Å². The van der Waals surface area contributed by atoms with Gasteiger partial charge in [0.05, 0.1) is 0 Å². The van der Waals surface area contributed by atoms with Crippen molar-refractivity contribution in [2.75, 3.05) is 6.54 Å². The van der Waals surface area contributed by atoms with E-state index in [-0.39, 0.29) is 29.8 Å². The van der Waals surface area contributed by atoms with Crippen LogP contribution >= 0.6 is 0 Å². The van der Waals surface area contributed by atoms with Gasteiger partial charge in [0.25, 0.3) is 0 Å². The third-order valence-electron chi connectivity index (χ3n) is 4.22. The standard InChI is InChI=1S/C15H29N3O2/c1-4-11(3)18-14(19)7-8-17-15(20)13-6-5-12(16)9-10(13)2/h10-13H,4-9,16H2,1-3H3,(H,17,20)(H,18,19). The van der Waals surface area contributed by atoms with Crippen LogP contribution in [0, 0.1) is 11.8 Å². The molecular weight excluding hydrogens is 254 g/mol. The first-order valence-electron chi connectivity index (χ1n) is 7.76. The van der Waals surface area contributed by atoms with Gasteiger partial charge in [-0.1, -0.05) is 13.8 Å². The molecule has 0 bridgehead atoms. The number of nitrogens with one attached hydrogen (secondary N) is 2. The normalized spacial score (nSPS) is 27.7. The van der Waals surface area contributed by atoms with Crippen molar-refractivity contribution in [2.45, 2.75) is 65.0 Å². The molecule has 20 heavy (non-hydrogen) atoms. The third-order valence-corrected chi connectivity index (χ3v) is 4.22. The molecule has 4 atom stereocenters. The molecule has 0 aliphatic heterocycles. The van der Waals surface area contributed by atoms with E-state index in [1.807, 2.05) is 13.8 Å². The number of hydrogen-bond donors (Lipinski definition) is 3. The van der Waals surface area contributed by atoms with Crippen LogP contribution in [0.25, 0.3) is 0 Å². The van der Waals surface area contributed by atoms with Crippen LogP contribution in [-0.4, -0.2) is 30.4 Å². The summed E-state index contributed by atoms with van der Waals surface area (Å²) < 4.78 is 0. The Kier molecular flexibility index (Phi) is 6.99. The molecule has 1 fully saturated rings. The van der Waals surface area contributed by atoms with Crippen molar-refractivity contribution in [1.82, 2.24) is 10.6 Å². The van der Waals surface area contributed by atoms with E-state index in [4.69, 9.17) is 5.73 Å². The third kappa shape index (κ3) is 5.49. The molecule has 4 unspecified atom stereocenters. The molecule has 0 heterocycles. The number of amides is 2. The average Bonchev–Trinajstić information content (AvgIpc) is 2.38. The summed E-state index contributed by atoms with van der Waals surface area (Å²) in [5.41, 5.74) is 5.90. The van der Waals surface area contributed by atoms with E-state index in [1.165, 1.54) is 0 Å². The predicted octanol–water partition coefficient (Wildman–Crippen LogP) is 1.17. The predicted molar refractivity (Wildman–Crippen MR) is 80.0 cm³/mol. The van der Waals surface area contributed by atoms with E-state index >= 15 is 0 Å². The fourth-order valence-corrected chi connectivity index (χ4v) is 2.71. The van der Waals surface area contributed by atoms with Gasteiger partial charge in [-0.25, -0.2) is 0 Å². The minimum absolute atomic E-state index is 0.00151. The summed E-state index contributed by atoms with van der Waals surface area (Å²) in [6.07, 6.45) is 3.94. The lowest BCUT2D eigenvalue weighted by molar-refractivity contribution is -0.127. The van der Waals surface area contributed by atoms with Crippen molar-refractivity contribution in [3.8, 4) is 0 Å². The maximum absolute atomic E-state index is 12.1. The molecule has 5 nitrogen and oxygen atoms in total. The van der Waals surface area contributed by atoms with Crippen LogP contribution in [0.15, 0.2) is 0 Å². The summed E-state index contributed by atoms with van der Waals surface area (Å²) >= 11 is 0. The summed E-state index contributed by atoms with van der Waals surface area (Å²) in [7, 11) is 0. The SMILES string of the molecule is CCC(C)NC(=O)CCNC(=O)C1CCC(N)CC1C. The van der Waals surface area contributed by atoms with E-state index in [0.29, 0.717) is 18.9 Å². The van der Waals surface area contributed by atoms with E-state index in [2.05, 4.69) is 17.6 Å². The molecule has 1 saturated carbocycles. The minimum Gasteiger partial charge on any atom is -0.355 e. The fraction of sp³-hybridized carbons (Fsp3) is 0.867. The van der Waals surface area contributed by atoms with Crippen molar-refractivity contribution >= 4 is 11.8 Å². The number of carbonyl (C=O) groups is 2. The molecule has 0 aromatic heterocycles. The highest BCUT2D eigenvalue weighted by Gasteiger charge is 2.30. The first kappa shape index (κ1) is 17.0. The number of carbonyl (C=O) groups excluding carboxylic acids is 2. The van der Waals surface area contributed by atoms with Gasteiger partial charge in [-0.3, -0.25) is 9.59 Å². The Balaban J connectivity index is 2.24. The Morgan fingerprint density at radius 2 is 2.05 bits per heavy atom. The fourth-order valence-electron chi connectivity index (χ4n) is 2.71. The molecule has 1 rings (SSSR count). The molecule has 5 heteroatoms. The maximum Gasteiger partial charge on any atom is 0.223 e. The van der Waals surface area contributed by atoms with Gasteiger partial charge in [-0.05, 0) is 38.5 Å². The summed E-state index contributed by atoms with van der Waals surface area (Å²) in [5.74, 6) is 0.444. The second-order valence-corrected chi connectivity index (χ2v) is 6.07. The van der Waals surface area contributed by atoms with Crippen molar-refractivity contribution in [2.24, 2.45) is 17.6 Å². The molecular formula is C15H29N3O2. The zero-order valence-corrected chi connectivity index (χ0v) is 12.9. The highest BCUT2D eigenvalue weighted by molar-refractivity contribution is 5.80. The first-order valence-corrected chi connectivity index (χ1v) is 7.76. The Hall–Kier alpha value is -1.10. The van der Waals surface area contributed by atoms with E-state index in [1.54, 1.807) is 0 Å². The summed E-state index contributed by atoms with van der Waals surface area (Å²) in [6.45, 7) is 6.50. The molecule has 1 aliphatic rings. The van der Waals surface area contributed by atoms with Gasteiger partial charge < -0.3 is 16.4 Å². The highest BCUT2D eigenvalue weighted by atomic mass is 16.2. The van der Waals surface area contributed by atoms with Gasteiger partial charge in [0.1, 0.15) is 0 Å².